The molecule has 0 spiro atoms. The van der Waals surface area contributed by atoms with Crippen LogP contribution in [-0.4, -0.2) is 0 Å². The summed E-state index contributed by atoms with van der Waals surface area (Å²) in [5.41, 5.74) is 2.27. The number of pyridine rings is 1. The van der Waals surface area contributed by atoms with E-state index in [1.807, 2.05) is 11.4 Å². The highest BCUT2D eigenvalue weighted by Gasteiger charge is 2.20. The summed E-state index contributed by atoms with van der Waals surface area (Å²) in [4.78, 5) is 0.866. The van der Waals surface area contributed by atoms with Gasteiger partial charge >= 0.3 is 0 Å². The van der Waals surface area contributed by atoms with Crippen molar-refractivity contribution in [3.63, 3.8) is 0 Å². The van der Waals surface area contributed by atoms with Crippen LogP contribution in [0, 0.1) is 5.21 Å². The lowest BCUT2D eigenvalue weighted by Gasteiger charge is -2.14. The van der Waals surface area contributed by atoms with E-state index in [4.69, 9.17) is 0 Å². The Morgan fingerprint density at radius 2 is 2.14 bits per heavy atom. The molecule has 2 aromatic rings. The number of nitrogens with zero attached hydrogens (tertiary/aromatic N) is 1. The first-order chi connectivity index (χ1) is 6.86. The van der Waals surface area contributed by atoms with Gasteiger partial charge in [-0.25, -0.2) is 0 Å². The van der Waals surface area contributed by atoms with Gasteiger partial charge in [0.15, 0.2) is 5.69 Å². The van der Waals surface area contributed by atoms with Crippen LogP contribution in [-0.2, 0) is 12.8 Å². The van der Waals surface area contributed by atoms with Crippen LogP contribution < -0.4 is 4.73 Å². The van der Waals surface area contributed by atoms with E-state index in [9.17, 15) is 5.21 Å². The average Bonchev–Trinajstić information content (AvgIpc) is 2.66. The number of aromatic nitrogens is 1. The number of aryl methyl sites for hydroxylation is 1. The summed E-state index contributed by atoms with van der Waals surface area (Å²) in [5.74, 6) is 0. The highest BCUT2D eigenvalue weighted by molar-refractivity contribution is 7.16. The quantitative estimate of drug-likeness (QED) is 0.479. The van der Waals surface area contributed by atoms with Gasteiger partial charge in [-0.2, -0.15) is 4.73 Å². The van der Waals surface area contributed by atoms with Crippen molar-refractivity contribution in [2.45, 2.75) is 25.7 Å². The van der Waals surface area contributed by atoms with Crippen LogP contribution in [0.25, 0.3) is 10.2 Å². The fourth-order valence-electron chi connectivity index (χ4n) is 2.20. The largest absolute Gasteiger partial charge is 0.617 e. The van der Waals surface area contributed by atoms with Crippen LogP contribution in [0.2, 0.25) is 0 Å². The number of fused-ring (bicyclic) bond motifs is 2. The lowest BCUT2D eigenvalue weighted by Crippen LogP contribution is -2.34. The molecule has 0 unspecified atom stereocenters. The molecule has 1 aliphatic carbocycles. The minimum atomic E-state index is 0.866. The van der Waals surface area contributed by atoms with Crippen LogP contribution in [0.15, 0.2) is 17.5 Å². The minimum Gasteiger partial charge on any atom is -0.617 e. The summed E-state index contributed by atoms with van der Waals surface area (Å²) in [6, 6.07) is 4.22. The van der Waals surface area contributed by atoms with Gasteiger partial charge in [0.25, 0.3) is 4.83 Å². The summed E-state index contributed by atoms with van der Waals surface area (Å²) < 4.78 is 1.15. The Kier molecular flexibility index (Phi) is 1.74. The van der Waals surface area contributed by atoms with E-state index >= 15 is 0 Å². The normalized spacial score (nSPS) is 15.7. The molecule has 0 saturated carbocycles. The molecule has 0 fully saturated rings. The van der Waals surface area contributed by atoms with Crippen molar-refractivity contribution in [2.24, 2.45) is 0 Å². The molecule has 0 saturated heterocycles. The predicted octanol–water partition coefficient (Wildman–Crippen LogP) is 2.41. The molecule has 2 aromatic heterocycles. The second-order valence-electron chi connectivity index (χ2n) is 3.80. The Morgan fingerprint density at radius 3 is 3.07 bits per heavy atom. The number of hydrogen-bond acceptors (Lipinski definition) is 2. The van der Waals surface area contributed by atoms with Crippen molar-refractivity contribution in [1.29, 1.82) is 0 Å². The number of rotatable bonds is 0. The molecule has 0 amide bonds. The van der Waals surface area contributed by atoms with Crippen LogP contribution in [0.1, 0.15) is 24.1 Å². The van der Waals surface area contributed by atoms with E-state index in [-0.39, 0.29) is 0 Å². The topological polar surface area (TPSA) is 26.9 Å². The third kappa shape index (κ3) is 1.05. The predicted molar refractivity (Wildman–Crippen MR) is 57.4 cm³/mol. The monoisotopic (exact) mass is 205 g/mol. The first-order valence-electron chi connectivity index (χ1n) is 4.98. The highest BCUT2D eigenvalue weighted by Crippen LogP contribution is 2.24. The molecule has 3 rings (SSSR count). The van der Waals surface area contributed by atoms with Crippen molar-refractivity contribution in [3.8, 4) is 0 Å². The van der Waals surface area contributed by atoms with Crippen LogP contribution >= 0.6 is 11.3 Å². The molecule has 0 aliphatic heterocycles. The van der Waals surface area contributed by atoms with Gasteiger partial charge in [0, 0.05) is 12.0 Å². The van der Waals surface area contributed by atoms with Crippen LogP contribution in [0.4, 0.5) is 0 Å². The van der Waals surface area contributed by atoms with Gasteiger partial charge in [0.05, 0.1) is 5.39 Å². The van der Waals surface area contributed by atoms with Crippen molar-refractivity contribution >= 4 is 21.6 Å². The zero-order valence-electron chi connectivity index (χ0n) is 7.82. The van der Waals surface area contributed by atoms with E-state index in [1.165, 1.54) is 23.3 Å². The molecule has 72 valence electrons. The number of thiophene rings is 1. The maximum atomic E-state index is 12.0. The fraction of sp³-hybridized carbons (Fsp3) is 0.364. The van der Waals surface area contributed by atoms with Gasteiger partial charge in [-0.15, -0.1) is 0 Å². The molecule has 0 N–H and O–H groups in total. The van der Waals surface area contributed by atoms with E-state index < -0.39 is 0 Å². The Labute approximate surface area is 86.4 Å². The van der Waals surface area contributed by atoms with E-state index in [2.05, 4.69) is 6.07 Å². The second-order valence-corrected chi connectivity index (χ2v) is 4.69. The van der Waals surface area contributed by atoms with Crippen LogP contribution in [0.3, 0.4) is 0 Å². The Bertz CT molecular complexity index is 489. The minimum absolute atomic E-state index is 0.866. The van der Waals surface area contributed by atoms with Gasteiger partial charge in [-0.1, -0.05) is 11.3 Å². The fourth-order valence-corrected chi connectivity index (χ4v) is 3.01. The zero-order valence-corrected chi connectivity index (χ0v) is 8.64. The Morgan fingerprint density at radius 1 is 1.29 bits per heavy atom. The standard InChI is InChI=1S/C11H11NOS/c13-12-10-4-2-1-3-8(10)7-9-5-6-14-11(9)12/h5-7H,1-4H2. The van der Waals surface area contributed by atoms with Crippen LogP contribution in [0.5, 0.6) is 0 Å². The number of hydrogen-bond donors (Lipinski definition) is 0. The molecular formula is C11H11NOS. The third-order valence-electron chi connectivity index (χ3n) is 2.91. The van der Waals surface area contributed by atoms with Gasteiger partial charge in [-0.05, 0) is 36.8 Å². The summed E-state index contributed by atoms with van der Waals surface area (Å²) in [6.45, 7) is 0. The maximum absolute atomic E-state index is 12.0. The highest BCUT2D eigenvalue weighted by atomic mass is 32.1. The van der Waals surface area contributed by atoms with Gasteiger partial charge < -0.3 is 5.21 Å². The maximum Gasteiger partial charge on any atom is 0.280 e. The lowest BCUT2D eigenvalue weighted by molar-refractivity contribution is -0.584. The van der Waals surface area contributed by atoms with Crippen molar-refractivity contribution in [1.82, 2.24) is 0 Å². The zero-order chi connectivity index (χ0) is 9.54. The third-order valence-corrected chi connectivity index (χ3v) is 3.81. The van der Waals surface area contributed by atoms with Crippen molar-refractivity contribution in [2.75, 3.05) is 0 Å². The second kappa shape index (κ2) is 2.95. The molecule has 0 radical (unpaired) electrons. The van der Waals surface area contributed by atoms with E-state index in [1.54, 1.807) is 0 Å². The first-order valence-corrected chi connectivity index (χ1v) is 5.86. The summed E-state index contributed by atoms with van der Waals surface area (Å²) in [5, 5.41) is 15.1. The Hall–Kier alpha value is -1.09. The molecule has 0 atom stereocenters. The van der Waals surface area contributed by atoms with Gasteiger partial charge in [0.1, 0.15) is 0 Å². The van der Waals surface area contributed by atoms with Gasteiger partial charge in [-0.3, -0.25) is 0 Å². The SMILES string of the molecule is [O-][n+]1c2c(cc3ccsc31)CCCC2. The molecular weight excluding hydrogens is 194 g/mol. The molecule has 1 aliphatic rings. The smallest absolute Gasteiger partial charge is 0.280 e. The molecule has 14 heavy (non-hydrogen) atoms. The van der Waals surface area contributed by atoms with Crippen molar-refractivity contribution < 1.29 is 4.73 Å². The van der Waals surface area contributed by atoms with Crippen molar-refractivity contribution in [3.05, 3.63) is 34.0 Å². The van der Waals surface area contributed by atoms with Gasteiger partial charge in [0.2, 0.25) is 0 Å². The molecule has 2 heterocycles. The lowest BCUT2D eigenvalue weighted by atomic mass is 9.95. The average molecular weight is 205 g/mol. The van der Waals surface area contributed by atoms with E-state index in [0.717, 1.165) is 39.9 Å². The summed E-state index contributed by atoms with van der Waals surface area (Å²) in [7, 11) is 0. The summed E-state index contributed by atoms with van der Waals surface area (Å²) in [6.07, 6.45) is 4.41. The molecule has 0 bridgehead atoms. The first kappa shape index (κ1) is 8.24. The Balaban J connectivity index is 2.36. The summed E-state index contributed by atoms with van der Waals surface area (Å²) >= 11 is 1.54. The molecule has 3 heteroatoms. The van der Waals surface area contributed by atoms with E-state index in [0.29, 0.717) is 0 Å². The molecule has 2 nitrogen and oxygen atoms in total. The molecule has 0 aromatic carbocycles.